The van der Waals surface area contributed by atoms with Crippen LogP contribution >= 0.6 is 0 Å². The van der Waals surface area contributed by atoms with E-state index in [-0.39, 0.29) is 16.2 Å². The number of hydrogen-bond acceptors (Lipinski definition) is 6. The minimum Gasteiger partial charge on any atom is -0.476 e. The van der Waals surface area contributed by atoms with Gasteiger partial charge < -0.3 is 9.15 Å². The summed E-state index contributed by atoms with van der Waals surface area (Å²) in [4.78, 5) is 4.06. The predicted molar refractivity (Wildman–Crippen MR) is 86.3 cm³/mol. The fourth-order valence-corrected chi connectivity index (χ4v) is 3.83. The molecule has 1 N–H and O–H groups in total. The van der Waals surface area contributed by atoms with Crippen LogP contribution in [0.2, 0.25) is 0 Å². The molecule has 1 aromatic carbocycles. The first-order valence-corrected chi connectivity index (χ1v) is 8.88. The van der Waals surface area contributed by atoms with E-state index in [1.165, 1.54) is 12.6 Å². The van der Waals surface area contributed by atoms with Crippen LogP contribution in [0.25, 0.3) is 11.1 Å². The van der Waals surface area contributed by atoms with Gasteiger partial charge in [0.15, 0.2) is 16.9 Å². The van der Waals surface area contributed by atoms with Gasteiger partial charge in [-0.25, -0.2) is 18.1 Å². The molecule has 126 valence electrons. The molecular formula is C15H16N4O4S. The molecule has 3 heterocycles. The van der Waals surface area contributed by atoms with Crippen LogP contribution in [0.4, 0.5) is 5.69 Å². The van der Waals surface area contributed by atoms with Gasteiger partial charge in [-0.2, -0.15) is 5.10 Å². The van der Waals surface area contributed by atoms with Crippen molar-refractivity contribution in [3.8, 4) is 5.88 Å². The summed E-state index contributed by atoms with van der Waals surface area (Å²) in [6, 6.07) is 5.04. The van der Waals surface area contributed by atoms with Crippen LogP contribution in [0.3, 0.4) is 0 Å². The van der Waals surface area contributed by atoms with E-state index in [1.807, 2.05) is 13.8 Å². The molecule has 9 heteroatoms. The zero-order chi connectivity index (χ0) is 16.9. The molecule has 0 saturated heterocycles. The van der Waals surface area contributed by atoms with Gasteiger partial charge in [-0.05, 0) is 12.1 Å². The molecule has 0 radical (unpaired) electrons. The Morgan fingerprint density at radius 3 is 3.00 bits per heavy atom. The van der Waals surface area contributed by atoms with Crippen LogP contribution in [0.15, 0.2) is 40.1 Å². The highest BCUT2D eigenvalue weighted by Crippen LogP contribution is 2.34. The first kappa shape index (κ1) is 15.0. The maximum absolute atomic E-state index is 12.8. The van der Waals surface area contributed by atoms with Crippen molar-refractivity contribution >= 4 is 26.8 Å². The van der Waals surface area contributed by atoms with Gasteiger partial charge >= 0.3 is 0 Å². The molecule has 0 unspecified atom stereocenters. The summed E-state index contributed by atoms with van der Waals surface area (Å²) in [6.07, 6.45) is 2.58. The lowest BCUT2D eigenvalue weighted by molar-refractivity contribution is 0.0971. The van der Waals surface area contributed by atoms with E-state index in [4.69, 9.17) is 9.15 Å². The average molecular weight is 348 g/mol. The van der Waals surface area contributed by atoms with E-state index in [1.54, 1.807) is 22.9 Å². The summed E-state index contributed by atoms with van der Waals surface area (Å²) in [5.74, 6) is 0.258. The van der Waals surface area contributed by atoms with Gasteiger partial charge in [-0.15, -0.1) is 0 Å². The second-order valence-electron chi connectivity index (χ2n) is 6.53. The highest BCUT2D eigenvalue weighted by Gasteiger charge is 2.33. The van der Waals surface area contributed by atoms with Gasteiger partial charge in [0.2, 0.25) is 5.88 Å². The van der Waals surface area contributed by atoms with Crippen molar-refractivity contribution in [3.05, 3.63) is 30.8 Å². The molecule has 3 aromatic rings. The zero-order valence-electron chi connectivity index (χ0n) is 13.2. The maximum Gasteiger partial charge on any atom is 0.268 e. The predicted octanol–water partition coefficient (Wildman–Crippen LogP) is 2.24. The van der Waals surface area contributed by atoms with Gasteiger partial charge in [-0.1, -0.05) is 19.9 Å². The van der Waals surface area contributed by atoms with Crippen LogP contribution in [-0.2, 0) is 16.6 Å². The summed E-state index contributed by atoms with van der Waals surface area (Å²) >= 11 is 0. The Bertz CT molecular complexity index is 1020. The van der Waals surface area contributed by atoms with Crippen molar-refractivity contribution in [1.82, 2.24) is 14.8 Å². The van der Waals surface area contributed by atoms with Crippen LogP contribution in [-0.4, -0.2) is 29.8 Å². The normalized spacial score (nSPS) is 16.6. The number of anilines is 1. The number of fused-ring (bicyclic) bond motifs is 2. The third-order valence-electron chi connectivity index (χ3n) is 3.83. The fraction of sp³-hybridized carbons (Fsp3) is 0.333. The second-order valence-corrected chi connectivity index (χ2v) is 8.19. The maximum atomic E-state index is 12.8. The lowest BCUT2D eigenvalue weighted by Crippen LogP contribution is -2.33. The molecule has 24 heavy (non-hydrogen) atoms. The largest absolute Gasteiger partial charge is 0.476 e. The van der Waals surface area contributed by atoms with Crippen molar-refractivity contribution < 1.29 is 17.6 Å². The molecule has 2 aromatic heterocycles. The van der Waals surface area contributed by atoms with Crippen molar-refractivity contribution in [3.63, 3.8) is 0 Å². The number of nitrogens with one attached hydrogen (secondary N) is 1. The Morgan fingerprint density at radius 1 is 1.33 bits per heavy atom. The second kappa shape index (κ2) is 4.97. The third-order valence-corrected chi connectivity index (χ3v) is 5.18. The molecule has 0 amide bonds. The Labute approximate surface area is 138 Å². The number of nitrogens with zero attached hydrogens (tertiary/aromatic N) is 3. The topological polar surface area (TPSA) is 99.2 Å². The molecular weight excluding hydrogens is 332 g/mol. The van der Waals surface area contributed by atoms with E-state index in [9.17, 15) is 8.42 Å². The smallest absolute Gasteiger partial charge is 0.268 e. The lowest BCUT2D eigenvalue weighted by Gasteiger charge is -2.30. The summed E-state index contributed by atoms with van der Waals surface area (Å²) in [5, 5.41) is 4.15. The Balaban J connectivity index is 1.72. The van der Waals surface area contributed by atoms with Crippen LogP contribution in [0.5, 0.6) is 5.88 Å². The van der Waals surface area contributed by atoms with E-state index in [0.29, 0.717) is 29.9 Å². The van der Waals surface area contributed by atoms with Crippen molar-refractivity contribution in [1.29, 1.82) is 0 Å². The molecule has 8 nitrogen and oxygen atoms in total. The summed E-state index contributed by atoms with van der Waals surface area (Å²) in [6.45, 7) is 5.10. The van der Waals surface area contributed by atoms with Gasteiger partial charge in [-0.3, -0.25) is 4.72 Å². The Hall–Kier alpha value is -2.55. The Kier molecular flexibility index (Phi) is 3.11. The lowest BCUT2D eigenvalue weighted by atomic mass is 9.94. The van der Waals surface area contributed by atoms with Crippen LogP contribution in [0.1, 0.15) is 13.8 Å². The number of rotatable bonds is 3. The molecule has 0 spiro atoms. The van der Waals surface area contributed by atoms with Crippen LogP contribution < -0.4 is 9.46 Å². The van der Waals surface area contributed by atoms with Gasteiger partial charge in [0, 0.05) is 5.41 Å². The van der Waals surface area contributed by atoms with E-state index in [2.05, 4.69) is 14.8 Å². The van der Waals surface area contributed by atoms with Gasteiger partial charge in [0.05, 0.1) is 25.0 Å². The van der Waals surface area contributed by atoms with Crippen molar-refractivity contribution in [2.75, 3.05) is 11.3 Å². The summed E-state index contributed by atoms with van der Waals surface area (Å²) in [7, 11) is -3.86. The number of ether oxygens (including phenoxy) is 1. The molecule has 0 fully saturated rings. The molecule has 0 bridgehead atoms. The SMILES string of the molecule is CC1(C)COc2c(S(=O)(=O)Nc3cccc4ocnc34)cnn2C1. The number of oxazole rings is 1. The molecule has 0 saturated carbocycles. The van der Waals surface area contributed by atoms with Gasteiger partial charge in [0.1, 0.15) is 5.52 Å². The molecule has 1 aliphatic rings. The quantitative estimate of drug-likeness (QED) is 0.779. The first-order chi connectivity index (χ1) is 11.4. The standard InChI is InChI=1S/C15H16N4O4S/c1-15(2)7-19-14(22-8-15)12(6-17-19)24(20,21)18-10-4-3-5-11-13(10)16-9-23-11/h3-6,9,18H,7-8H2,1-2H3. The van der Waals surface area contributed by atoms with E-state index >= 15 is 0 Å². The minimum absolute atomic E-state index is 0.0125. The van der Waals surface area contributed by atoms with Gasteiger partial charge in [0.25, 0.3) is 10.0 Å². The number of hydrogen-bond donors (Lipinski definition) is 1. The van der Waals surface area contributed by atoms with E-state index in [0.717, 1.165) is 0 Å². The molecule has 4 rings (SSSR count). The van der Waals surface area contributed by atoms with Crippen molar-refractivity contribution in [2.45, 2.75) is 25.3 Å². The number of aromatic nitrogens is 3. The minimum atomic E-state index is -3.86. The first-order valence-electron chi connectivity index (χ1n) is 7.39. The molecule has 0 atom stereocenters. The van der Waals surface area contributed by atoms with Crippen LogP contribution in [0, 0.1) is 5.41 Å². The number of para-hydroxylation sites is 1. The number of benzene rings is 1. The van der Waals surface area contributed by atoms with Crippen molar-refractivity contribution in [2.24, 2.45) is 5.41 Å². The van der Waals surface area contributed by atoms with E-state index < -0.39 is 10.0 Å². The monoisotopic (exact) mass is 348 g/mol. The average Bonchev–Trinajstić information content (AvgIpc) is 3.12. The molecule has 1 aliphatic heterocycles. The highest BCUT2D eigenvalue weighted by atomic mass is 32.2. The molecule has 0 aliphatic carbocycles. The summed E-state index contributed by atoms with van der Waals surface area (Å²) in [5.41, 5.74) is 1.20. The highest BCUT2D eigenvalue weighted by molar-refractivity contribution is 7.92. The number of sulfonamides is 1. The summed E-state index contributed by atoms with van der Waals surface area (Å²) < 4.78 is 40.5. The Morgan fingerprint density at radius 2 is 2.17 bits per heavy atom. The third kappa shape index (κ3) is 2.41. The fourth-order valence-electron chi connectivity index (χ4n) is 2.68. The zero-order valence-corrected chi connectivity index (χ0v) is 14.0.